The highest BCUT2D eigenvalue weighted by Gasteiger charge is 2.30. The molecule has 0 aromatic heterocycles. The third-order valence-electron chi connectivity index (χ3n) is 4.50. The minimum absolute atomic E-state index is 0.392. The van der Waals surface area contributed by atoms with Gasteiger partial charge < -0.3 is 4.74 Å². The number of benzene rings is 1. The molecule has 1 aliphatic carbocycles. The van der Waals surface area contributed by atoms with Crippen LogP contribution in [0.5, 0.6) is 5.75 Å². The van der Waals surface area contributed by atoms with Crippen LogP contribution < -0.4 is 16.0 Å². The van der Waals surface area contributed by atoms with Crippen molar-refractivity contribution in [2.75, 3.05) is 6.61 Å². The molecule has 0 radical (unpaired) electrons. The lowest BCUT2D eigenvalue weighted by Crippen LogP contribution is -2.46. The maximum absolute atomic E-state index is 5.86. The zero-order chi connectivity index (χ0) is 12.4. The predicted octanol–water partition coefficient (Wildman–Crippen LogP) is 2.26. The van der Waals surface area contributed by atoms with Crippen molar-refractivity contribution in [2.24, 2.45) is 17.7 Å². The second-order valence-corrected chi connectivity index (χ2v) is 5.69. The standard InChI is InChI=1S/C15H22N2O/c16-17-14(8-11-4-3-5-11)13-9-12-6-1-2-7-15(12)18-10-13/h1-2,6-7,11,13-14,17H,3-5,8-10,16H2. The summed E-state index contributed by atoms with van der Waals surface area (Å²) in [6.45, 7) is 0.790. The number of hydrogen-bond acceptors (Lipinski definition) is 3. The molecule has 0 spiro atoms. The molecule has 1 heterocycles. The Balaban J connectivity index is 1.65. The molecular formula is C15H22N2O. The van der Waals surface area contributed by atoms with Crippen molar-refractivity contribution in [1.29, 1.82) is 0 Å². The molecule has 3 nitrogen and oxygen atoms in total. The van der Waals surface area contributed by atoms with Crippen LogP contribution in [0, 0.1) is 11.8 Å². The molecule has 18 heavy (non-hydrogen) atoms. The Hall–Kier alpha value is -1.06. The molecule has 1 saturated carbocycles. The monoisotopic (exact) mass is 246 g/mol. The van der Waals surface area contributed by atoms with Gasteiger partial charge in [-0.05, 0) is 30.4 Å². The van der Waals surface area contributed by atoms with Gasteiger partial charge in [-0.2, -0.15) is 0 Å². The number of fused-ring (bicyclic) bond motifs is 1. The molecule has 1 aromatic rings. The molecule has 3 N–H and O–H groups in total. The van der Waals surface area contributed by atoms with E-state index >= 15 is 0 Å². The maximum atomic E-state index is 5.86. The van der Waals surface area contributed by atoms with Crippen LogP contribution in [0.4, 0.5) is 0 Å². The molecule has 1 aliphatic heterocycles. The number of hydrogen-bond donors (Lipinski definition) is 2. The van der Waals surface area contributed by atoms with Crippen LogP contribution in [0.2, 0.25) is 0 Å². The lowest BCUT2D eigenvalue weighted by molar-refractivity contribution is 0.153. The minimum Gasteiger partial charge on any atom is -0.493 e. The maximum Gasteiger partial charge on any atom is 0.122 e. The number of rotatable bonds is 4. The summed E-state index contributed by atoms with van der Waals surface area (Å²) in [7, 11) is 0. The van der Waals surface area contributed by atoms with Crippen LogP contribution >= 0.6 is 0 Å². The fourth-order valence-electron chi connectivity index (χ4n) is 3.09. The topological polar surface area (TPSA) is 47.3 Å². The Morgan fingerprint density at radius 2 is 2.17 bits per heavy atom. The molecule has 2 unspecified atom stereocenters. The normalized spacial score (nSPS) is 24.8. The molecular weight excluding hydrogens is 224 g/mol. The van der Waals surface area contributed by atoms with E-state index in [1.165, 1.54) is 31.2 Å². The van der Waals surface area contributed by atoms with Crippen LogP contribution in [-0.4, -0.2) is 12.6 Å². The second-order valence-electron chi connectivity index (χ2n) is 5.69. The lowest BCUT2D eigenvalue weighted by Gasteiger charge is -2.35. The Labute approximate surface area is 109 Å². The van der Waals surface area contributed by atoms with Gasteiger partial charge in [0, 0.05) is 12.0 Å². The van der Waals surface area contributed by atoms with E-state index in [-0.39, 0.29) is 0 Å². The molecule has 2 aliphatic rings. The summed E-state index contributed by atoms with van der Waals surface area (Å²) in [5, 5.41) is 0. The molecule has 0 saturated heterocycles. The van der Waals surface area contributed by atoms with Crippen molar-refractivity contribution < 1.29 is 4.74 Å². The summed E-state index contributed by atoms with van der Waals surface area (Å²) < 4.78 is 5.86. The van der Waals surface area contributed by atoms with Gasteiger partial charge in [-0.1, -0.05) is 37.5 Å². The highest BCUT2D eigenvalue weighted by Crippen LogP contribution is 2.34. The van der Waals surface area contributed by atoms with Gasteiger partial charge in [0.05, 0.1) is 6.61 Å². The van der Waals surface area contributed by atoms with Crippen LogP contribution in [0.15, 0.2) is 24.3 Å². The summed E-state index contributed by atoms with van der Waals surface area (Å²) >= 11 is 0. The molecule has 3 heteroatoms. The van der Waals surface area contributed by atoms with Crippen LogP contribution in [0.1, 0.15) is 31.2 Å². The lowest BCUT2D eigenvalue weighted by atomic mass is 9.77. The van der Waals surface area contributed by atoms with Gasteiger partial charge in [0.25, 0.3) is 0 Å². The van der Waals surface area contributed by atoms with Crippen molar-refractivity contribution in [2.45, 2.75) is 38.1 Å². The van der Waals surface area contributed by atoms with Gasteiger partial charge in [-0.15, -0.1) is 0 Å². The Morgan fingerprint density at radius 1 is 1.33 bits per heavy atom. The quantitative estimate of drug-likeness (QED) is 0.633. The van der Waals surface area contributed by atoms with E-state index in [1.54, 1.807) is 0 Å². The fourth-order valence-corrected chi connectivity index (χ4v) is 3.09. The molecule has 2 atom stereocenters. The first-order valence-corrected chi connectivity index (χ1v) is 7.03. The van der Waals surface area contributed by atoms with Crippen molar-refractivity contribution >= 4 is 0 Å². The smallest absolute Gasteiger partial charge is 0.122 e. The van der Waals surface area contributed by atoms with Crippen molar-refractivity contribution in [3.63, 3.8) is 0 Å². The molecule has 1 aromatic carbocycles. The van der Waals surface area contributed by atoms with Gasteiger partial charge in [0.15, 0.2) is 0 Å². The van der Waals surface area contributed by atoms with E-state index in [4.69, 9.17) is 10.6 Å². The third-order valence-corrected chi connectivity index (χ3v) is 4.50. The van der Waals surface area contributed by atoms with Gasteiger partial charge >= 0.3 is 0 Å². The largest absolute Gasteiger partial charge is 0.493 e. The van der Waals surface area contributed by atoms with Gasteiger partial charge in [0.2, 0.25) is 0 Å². The summed E-state index contributed by atoms with van der Waals surface area (Å²) in [6.07, 6.45) is 6.43. The highest BCUT2D eigenvalue weighted by atomic mass is 16.5. The first-order chi connectivity index (χ1) is 8.86. The summed E-state index contributed by atoms with van der Waals surface area (Å²) in [6, 6.07) is 8.73. The van der Waals surface area contributed by atoms with Gasteiger partial charge in [-0.25, -0.2) is 0 Å². The van der Waals surface area contributed by atoms with Crippen molar-refractivity contribution in [3.8, 4) is 5.75 Å². The van der Waals surface area contributed by atoms with E-state index < -0.39 is 0 Å². The molecule has 1 fully saturated rings. The number of nitrogens with one attached hydrogen (secondary N) is 1. The Morgan fingerprint density at radius 3 is 2.89 bits per heavy atom. The van der Waals surface area contributed by atoms with Gasteiger partial charge in [-0.3, -0.25) is 11.3 Å². The van der Waals surface area contributed by atoms with Crippen LogP contribution in [0.3, 0.4) is 0 Å². The summed E-state index contributed by atoms with van der Waals surface area (Å²) in [5.41, 5.74) is 4.34. The van der Waals surface area contributed by atoms with E-state index in [2.05, 4.69) is 23.6 Å². The zero-order valence-electron chi connectivity index (χ0n) is 10.8. The Bertz CT molecular complexity index is 403. The highest BCUT2D eigenvalue weighted by molar-refractivity contribution is 5.35. The van der Waals surface area contributed by atoms with E-state index in [0.29, 0.717) is 12.0 Å². The van der Waals surface area contributed by atoms with Gasteiger partial charge in [0.1, 0.15) is 5.75 Å². The molecule has 98 valence electrons. The van der Waals surface area contributed by atoms with Crippen molar-refractivity contribution in [3.05, 3.63) is 29.8 Å². The average Bonchev–Trinajstić information content (AvgIpc) is 2.37. The number of ether oxygens (including phenoxy) is 1. The van der Waals surface area contributed by atoms with E-state index in [9.17, 15) is 0 Å². The van der Waals surface area contributed by atoms with Crippen LogP contribution in [-0.2, 0) is 6.42 Å². The third kappa shape index (κ3) is 2.38. The average molecular weight is 246 g/mol. The van der Waals surface area contributed by atoms with E-state index in [0.717, 1.165) is 24.7 Å². The molecule has 0 bridgehead atoms. The number of para-hydroxylation sites is 1. The first kappa shape index (κ1) is 12.0. The number of hydrazine groups is 1. The Kier molecular flexibility index (Phi) is 3.52. The second kappa shape index (κ2) is 5.29. The summed E-state index contributed by atoms with van der Waals surface area (Å²) in [5.74, 6) is 8.18. The molecule has 0 amide bonds. The summed E-state index contributed by atoms with van der Waals surface area (Å²) in [4.78, 5) is 0. The number of nitrogens with two attached hydrogens (primary N) is 1. The van der Waals surface area contributed by atoms with Crippen LogP contribution in [0.25, 0.3) is 0 Å². The minimum atomic E-state index is 0.392. The van der Waals surface area contributed by atoms with E-state index in [1.807, 2.05) is 6.07 Å². The fraction of sp³-hybridized carbons (Fsp3) is 0.600. The predicted molar refractivity (Wildman–Crippen MR) is 72.2 cm³/mol. The van der Waals surface area contributed by atoms with Crippen molar-refractivity contribution in [1.82, 2.24) is 5.43 Å². The SMILES string of the molecule is NNC(CC1CCC1)C1COc2ccccc2C1. The zero-order valence-corrected chi connectivity index (χ0v) is 10.8. The first-order valence-electron chi connectivity index (χ1n) is 7.03. The molecule has 3 rings (SSSR count).